The van der Waals surface area contributed by atoms with Crippen LogP contribution in [0, 0.1) is 13.8 Å². The van der Waals surface area contributed by atoms with Crippen LogP contribution in [0.25, 0.3) is 0 Å². The Hall–Kier alpha value is -2.13. The summed E-state index contributed by atoms with van der Waals surface area (Å²) in [5.74, 6) is 0.508. The van der Waals surface area contributed by atoms with Crippen molar-refractivity contribution in [3.05, 3.63) is 52.5 Å². The van der Waals surface area contributed by atoms with E-state index in [2.05, 4.69) is 5.32 Å². The van der Waals surface area contributed by atoms with Gasteiger partial charge in [0.2, 0.25) is 15.9 Å². The van der Waals surface area contributed by atoms with Crippen LogP contribution in [0.2, 0.25) is 5.02 Å². The van der Waals surface area contributed by atoms with Crippen LogP contribution in [-0.2, 0) is 19.6 Å². The number of amides is 1. The second-order valence-corrected chi connectivity index (χ2v) is 9.72. The van der Waals surface area contributed by atoms with Crippen LogP contribution in [-0.4, -0.2) is 51.5 Å². The minimum atomic E-state index is -3.64. The molecule has 31 heavy (non-hydrogen) atoms. The van der Waals surface area contributed by atoms with Gasteiger partial charge in [0.1, 0.15) is 5.75 Å². The highest BCUT2D eigenvalue weighted by Crippen LogP contribution is 2.25. The Bertz CT molecular complexity index is 1040. The molecule has 168 valence electrons. The largest absolute Gasteiger partial charge is 0.494 e. The monoisotopic (exact) mass is 466 g/mol. The summed E-state index contributed by atoms with van der Waals surface area (Å²) in [5.41, 5.74) is 2.02. The standard InChI is InChI=1S/C22H27ClN2O5S/c1-16-5-6-18(15-21(16)31(27,28)25-9-12-29-13-10-25)24-22(26)4-3-11-30-19-7-8-20(23)17(2)14-19/h5-8,14-15H,3-4,9-13H2,1-2H3,(H,24,26). The zero-order valence-corrected chi connectivity index (χ0v) is 19.3. The lowest BCUT2D eigenvalue weighted by molar-refractivity contribution is -0.116. The van der Waals surface area contributed by atoms with E-state index in [9.17, 15) is 13.2 Å². The van der Waals surface area contributed by atoms with Crippen molar-refractivity contribution in [1.29, 1.82) is 0 Å². The fourth-order valence-electron chi connectivity index (χ4n) is 3.23. The molecule has 3 rings (SSSR count). The van der Waals surface area contributed by atoms with Crippen molar-refractivity contribution >= 4 is 33.2 Å². The maximum atomic E-state index is 13.0. The molecule has 7 nitrogen and oxygen atoms in total. The smallest absolute Gasteiger partial charge is 0.243 e. The lowest BCUT2D eigenvalue weighted by atomic mass is 10.2. The van der Waals surface area contributed by atoms with Crippen LogP contribution < -0.4 is 10.1 Å². The number of morpholine rings is 1. The Balaban J connectivity index is 1.55. The Labute approximate surface area is 188 Å². The number of aryl methyl sites for hydroxylation is 2. The van der Waals surface area contributed by atoms with E-state index in [0.717, 1.165) is 5.56 Å². The number of anilines is 1. The number of nitrogens with zero attached hydrogens (tertiary/aromatic N) is 1. The van der Waals surface area contributed by atoms with Gasteiger partial charge in [-0.3, -0.25) is 4.79 Å². The van der Waals surface area contributed by atoms with Gasteiger partial charge < -0.3 is 14.8 Å². The van der Waals surface area contributed by atoms with Crippen LogP contribution in [0.1, 0.15) is 24.0 Å². The van der Waals surface area contributed by atoms with Crippen molar-refractivity contribution in [2.75, 3.05) is 38.2 Å². The quantitative estimate of drug-likeness (QED) is 0.598. The molecule has 1 aliphatic rings. The molecule has 0 spiro atoms. The van der Waals surface area contributed by atoms with Gasteiger partial charge >= 0.3 is 0 Å². The van der Waals surface area contributed by atoms with E-state index in [-0.39, 0.29) is 17.2 Å². The molecule has 0 aromatic heterocycles. The van der Waals surface area contributed by atoms with Crippen molar-refractivity contribution < 1.29 is 22.7 Å². The SMILES string of the molecule is Cc1cc(OCCCC(=O)Nc2ccc(C)c(S(=O)(=O)N3CCOCC3)c2)ccc1Cl. The number of halogens is 1. The third-order valence-corrected chi connectivity index (χ3v) is 7.47. The zero-order valence-electron chi connectivity index (χ0n) is 17.7. The van der Waals surface area contributed by atoms with Crippen LogP contribution in [0.15, 0.2) is 41.3 Å². The summed E-state index contributed by atoms with van der Waals surface area (Å²) in [4.78, 5) is 12.5. The Morgan fingerprint density at radius 3 is 2.58 bits per heavy atom. The molecule has 0 aliphatic carbocycles. The van der Waals surface area contributed by atoms with Crippen LogP contribution >= 0.6 is 11.6 Å². The maximum Gasteiger partial charge on any atom is 0.243 e. The van der Waals surface area contributed by atoms with Gasteiger partial charge in [0.05, 0.1) is 24.7 Å². The Kier molecular flexibility index (Phi) is 7.94. The predicted octanol–water partition coefficient (Wildman–Crippen LogP) is 3.78. The summed E-state index contributed by atoms with van der Waals surface area (Å²) in [6.07, 6.45) is 0.782. The molecule has 9 heteroatoms. The van der Waals surface area contributed by atoms with Gasteiger partial charge in [-0.2, -0.15) is 4.31 Å². The van der Waals surface area contributed by atoms with Gasteiger partial charge in [-0.1, -0.05) is 17.7 Å². The van der Waals surface area contributed by atoms with Crippen molar-refractivity contribution in [2.45, 2.75) is 31.6 Å². The maximum absolute atomic E-state index is 13.0. The second kappa shape index (κ2) is 10.5. The number of hydrogen-bond donors (Lipinski definition) is 1. The molecular weight excluding hydrogens is 440 g/mol. The molecule has 2 aromatic rings. The first-order valence-electron chi connectivity index (χ1n) is 10.1. The van der Waals surface area contributed by atoms with Gasteiger partial charge in [0, 0.05) is 30.2 Å². The van der Waals surface area contributed by atoms with Crippen molar-refractivity contribution in [3.63, 3.8) is 0 Å². The number of carbonyl (C=O) groups is 1. The second-order valence-electron chi connectivity index (χ2n) is 7.41. The molecule has 0 unspecified atom stereocenters. The summed E-state index contributed by atoms with van der Waals surface area (Å²) in [7, 11) is -3.64. The number of carbonyl (C=O) groups excluding carboxylic acids is 1. The number of sulfonamides is 1. The van der Waals surface area contributed by atoms with Crippen molar-refractivity contribution in [1.82, 2.24) is 4.31 Å². The summed E-state index contributed by atoms with van der Waals surface area (Å²) in [5, 5.41) is 3.46. The highest BCUT2D eigenvalue weighted by Gasteiger charge is 2.28. The zero-order chi connectivity index (χ0) is 22.4. The lowest BCUT2D eigenvalue weighted by Crippen LogP contribution is -2.40. The first-order valence-corrected chi connectivity index (χ1v) is 12.0. The molecule has 1 heterocycles. The predicted molar refractivity (Wildman–Crippen MR) is 120 cm³/mol. The summed E-state index contributed by atoms with van der Waals surface area (Å²) >= 11 is 6.00. The lowest BCUT2D eigenvalue weighted by Gasteiger charge is -2.26. The average molecular weight is 467 g/mol. The molecule has 0 saturated carbocycles. The highest BCUT2D eigenvalue weighted by molar-refractivity contribution is 7.89. The fourth-order valence-corrected chi connectivity index (χ4v) is 5.01. The van der Waals surface area contributed by atoms with Crippen molar-refractivity contribution in [3.8, 4) is 5.75 Å². The first-order chi connectivity index (χ1) is 14.8. The number of ether oxygens (including phenoxy) is 2. The summed E-state index contributed by atoms with van der Waals surface area (Å²) < 4.78 is 38.3. The van der Waals surface area contributed by atoms with E-state index in [0.29, 0.717) is 61.4 Å². The molecular formula is C22H27ClN2O5S. The first kappa shape index (κ1) is 23.5. The van der Waals surface area contributed by atoms with Gasteiger partial charge in [-0.05, 0) is 61.7 Å². The summed E-state index contributed by atoms with van der Waals surface area (Å²) in [6.45, 7) is 5.45. The van der Waals surface area contributed by atoms with E-state index in [1.165, 1.54) is 10.4 Å². The molecule has 2 aromatic carbocycles. The minimum absolute atomic E-state index is 0.200. The Morgan fingerprint density at radius 1 is 1.13 bits per heavy atom. The Morgan fingerprint density at radius 2 is 1.87 bits per heavy atom. The van der Waals surface area contributed by atoms with E-state index in [1.807, 2.05) is 13.0 Å². The summed E-state index contributed by atoms with van der Waals surface area (Å²) in [6, 6.07) is 10.3. The molecule has 1 fully saturated rings. The number of benzene rings is 2. The highest BCUT2D eigenvalue weighted by atomic mass is 35.5. The van der Waals surface area contributed by atoms with Gasteiger partial charge in [0.25, 0.3) is 0 Å². The normalized spacial score (nSPS) is 14.9. The number of hydrogen-bond acceptors (Lipinski definition) is 5. The molecule has 0 radical (unpaired) electrons. The molecule has 1 aliphatic heterocycles. The van der Waals surface area contributed by atoms with Gasteiger partial charge in [0.15, 0.2) is 0 Å². The van der Waals surface area contributed by atoms with E-state index in [1.54, 1.807) is 31.2 Å². The molecule has 1 amide bonds. The van der Waals surface area contributed by atoms with Gasteiger partial charge in [-0.15, -0.1) is 0 Å². The average Bonchev–Trinajstić information content (AvgIpc) is 2.75. The van der Waals surface area contributed by atoms with Crippen LogP contribution in [0.3, 0.4) is 0 Å². The van der Waals surface area contributed by atoms with E-state index < -0.39 is 10.0 Å². The molecule has 0 atom stereocenters. The van der Waals surface area contributed by atoms with Gasteiger partial charge in [-0.25, -0.2) is 8.42 Å². The minimum Gasteiger partial charge on any atom is -0.494 e. The molecule has 1 N–H and O–H groups in total. The van der Waals surface area contributed by atoms with Crippen LogP contribution in [0.4, 0.5) is 5.69 Å². The molecule has 0 bridgehead atoms. The van der Waals surface area contributed by atoms with E-state index in [4.69, 9.17) is 21.1 Å². The number of nitrogens with one attached hydrogen (secondary N) is 1. The number of rotatable bonds is 8. The third kappa shape index (κ3) is 6.20. The third-order valence-electron chi connectivity index (χ3n) is 5.01. The fraction of sp³-hybridized carbons (Fsp3) is 0.409. The topological polar surface area (TPSA) is 84.9 Å². The van der Waals surface area contributed by atoms with Crippen LogP contribution in [0.5, 0.6) is 5.75 Å². The molecule has 1 saturated heterocycles. The van der Waals surface area contributed by atoms with Crippen molar-refractivity contribution in [2.24, 2.45) is 0 Å². The van der Waals surface area contributed by atoms with E-state index >= 15 is 0 Å².